The predicted molar refractivity (Wildman–Crippen MR) is 127 cm³/mol. The van der Waals surface area contributed by atoms with E-state index in [0.29, 0.717) is 32.0 Å². The number of hydrogen-bond acceptors (Lipinski definition) is 2. The molecule has 0 radical (unpaired) electrons. The number of carbonyl (C=O) groups is 1. The van der Waals surface area contributed by atoms with Crippen molar-refractivity contribution in [2.45, 2.75) is 19.4 Å². The Morgan fingerprint density at radius 2 is 1.68 bits per heavy atom. The van der Waals surface area contributed by atoms with Crippen LogP contribution in [0.2, 0.25) is 5.02 Å². The summed E-state index contributed by atoms with van der Waals surface area (Å²) in [6, 6.07) is 17.8. The number of aliphatic imine (C=N–C) groups is 1. The molecule has 7 heteroatoms. The first-order valence-corrected chi connectivity index (χ1v) is 9.43. The Morgan fingerprint density at radius 1 is 1.04 bits per heavy atom. The molecule has 2 aromatic rings. The fourth-order valence-electron chi connectivity index (χ4n) is 2.66. The summed E-state index contributed by atoms with van der Waals surface area (Å²) >= 11 is 6.16. The zero-order valence-electron chi connectivity index (χ0n) is 16.3. The number of benzene rings is 2. The van der Waals surface area contributed by atoms with Crippen molar-refractivity contribution < 1.29 is 4.79 Å². The van der Waals surface area contributed by atoms with Crippen LogP contribution in [0.1, 0.15) is 17.5 Å². The molecule has 5 nitrogen and oxygen atoms in total. The van der Waals surface area contributed by atoms with Gasteiger partial charge in [-0.15, -0.1) is 24.0 Å². The van der Waals surface area contributed by atoms with Gasteiger partial charge in [0.25, 0.3) is 0 Å². The van der Waals surface area contributed by atoms with Crippen LogP contribution in [0.25, 0.3) is 0 Å². The number of rotatable bonds is 8. The van der Waals surface area contributed by atoms with Crippen molar-refractivity contribution in [1.82, 2.24) is 15.5 Å². The van der Waals surface area contributed by atoms with Crippen molar-refractivity contribution in [2.75, 3.05) is 27.2 Å². The summed E-state index contributed by atoms with van der Waals surface area (Å²) in [7, 11) is 3.54. The lowest BCUT2D eigenvalue weighted by Crippen LogP contribution is -2.40. The van der Waals surface area contributed by atoms with E-state index in [-0.39, 0.29) is 29.9 Å². The summed E-state index contributed by atoms with van der Waals surface area (Å²) in [6.45, 7) is 1.86. The van der Waals surface area contributed by atoms with Gasteiger partial charge in [-0.2, -0.15) is 0 Å². The molecule has 0 aliphatic rings. The van der Waals surface area contributed by atoms with Crippen LogP contribution in [0.5, 0.6) is 0 Å². The summed E-state index contributed by atoms with van der Waals surface area (Å²) in [5.74, 6) is 0.776. The van der Waals surface area contributed by atoms with Crippen molar-refractivity contribution in [3.05, 3.63) is 70.7 Å². The molecule has 0 spiro atoms. The molecule has 2 N–H and O–H groups in total. The van der Waals surface area contributed by atoms with Crippen LogP contribution in [-0.2, 0) is 17.8 Å². The molecule has 0 aromatic heterocycles. The lowest BCUT2D eigenvalue weighted by Gasteiger charge is -2.18. The third kappa shape index (κ3) is 8.48. The molecule has 0 saturated heterocycles. The molecule has 1 amide bonds. The van der Waals surface area contributed by atoms with Gasteiger partial charge in [0, 0.05) is 45.2 Å². The van der Waals surface area contributed by atoms with E-state index in [1.54, 1.807) is 11.9 Å². The molecule has 0 aliphatic carbocycles. The maximum atomic E-state index is 12.3. The van der Waals surface area contributed by atoms with Crippen LogP contribution in [0.15, 0.2) is 59.6 Å². The number of nitrogens with one attached hydrogen (secondary N) is 2. The third-order valence-electron chi connectivity index (χ3n) is 4.19. The monoisotopic (exact) mass is 514 g/mol. The van der Waals surface area contributed by atoms with Gasteiger partial charge in [-0.1, -0.05) is 60.1 Å². The van der Waals surface area contributed by atoms with Crippen molar-refractivity contribution in [3.8, 4) is 0 Å². The highest BCUT2D eigenvalue weighted by molar-refractivity contribution is 14.0. The van der Waals surface area contributed by atoms with Crippen LogP contribution < -0.4 is 10.6 Å². The van der Waals surface area contributed by atoms with Crippen LogP contribution in [-0.4, -0.2) is 44.0 Å². The van der Waals surface area contributed by atoms with Crippen LogP contribution in [0.4, 0.5) is 0 Å². The Labute approximate surface area is 189 Å². The normalized spacial score (nSPS) is 10.8. The smallest absolute Gasteiger partial charge is 0.224 e. The SMILES string of the molecule is CN=C(NCCC(=O)N(C)Cc1ccccc1)NCCc1ccccc1Cl.I. The minimum Gasteiger partial charge on any atom is -0.356 e. The minimum absolute atomic E-state index is 0. The minimum atomic E-state index is 0. The van der Waals surface area contributed by atoms with Crippen LogP contribution >= 0.6 is 35.6 Å². The number of halogens is 2. The van der Waals surface area contributed by atoms with Crippen molar-refractivity contribution in [3.63, 3.8) is 0 Å². The molecule has 0 saturated carbocycles. The molecule has 0 aliphatic heterocycles. The number of nitrogens with zero attached hydrogens (tertiary/aromatic N) is 2. The number of carbonyl (C=O) groups excluding carboxylic acids is 1. The second kappa shape index (κ2) is 13.4. The summed E-state index contributed by atoms with van der Waals surface area (Å²) in [4.78, 5) is 18.2. The first-order valence-electron chi connectivity index (χ1n) is 9.06. The van der Waals surface area contributed by atoms with Crippen molar-refractivity contribution >= 4 is 47.4 Å². The molecule has 28 heavy (non-hydrogen) atoms. The van der Waals surface area contributed by atoms with E-state index in [9.17, 15) is 4.79 Å². The second-order valence-corrected chi connectivity index (χ2v) is 6.66. The van der Waals surface area contributed by atoms with Gasteiger partial charge in [-0.25, -0.2) is 0 Å². The lowest BCUT2D eigenvalue weighted by molar-refractivity contribution is -0.130. The average molecular weight is 515 g/mol. The summed E-state index contributed by atoms with van der Waals surface area (Å²) in [5, 5.41) is 7.19. The molecule has 0 bridgehead atoms. The Hall–Kier alpha value is -1.80. The van der Waals surface area contributed by atoms with E-state index in [4.69, 9.17) is 11.6 Å². The molecule has 2 rings (SSSR count). The van der Waals surface area contributed by atoms with Gasteiger partial charge in [0.15, 0.2) is 5.96 Å². The Kier molecular flexibility index (Phi) is 11.6. The summed E-state index contributed by atoms with van der Waals surface area (Å²) in [5.41, 5.74) is 2.22. The lowest BCUT2D eigenvalue weighted by atomic mass is 10.1. The van der Waals surface area contributed by atoms with E-state index in [2.05, 4.69) is 15.6 Å². The van der Waals surface area contributed by atoms with E-state index in [0.717, 1.165) is 22.6 Å². The molecule has 0 atom stereocenters. The van der Waals surface area contributed by atoms with Gasteiger partial charge in [0.2, 0.25) is 5.91 Å². The van der Waals surface area contributed by atoms with Crippen LogP contribution in [0.3, 0.4) is 0 Å². The molecular weight excluding hydrogens is 487 g/mol. The molecule has 152 valence electrons. The molecular formula is C21H28ClIN4O. The number of hydrogen-bond donors (Lipinski definition) is 2. The second-order valence-electron chi connectivity index (χ2n) is 6.25. The highest BCUT2D eigenvalue weighted by atomic mass is 127. The van der Waals surface area contributed by atoms with Gasteiger partial charge in [0.1, 0.15) is 0 Å². The maximum Gasteiger partial charge on any atom is 0.224 e. The molecule has 0 unspecified atom stereocenters. The maximum absolute atomic E-state index is 12.3. The molecule has 0 fully saturated rings. The summed E-state index contributed by atoms with van der Waals surface area (Å²) in [6.07, 6.45) is 1.22. The standard InChI is InChI=1S/C21H27ClN4O.HI/c1-23-21(24-14-12-18-10-6-7-11-19(18)22)25-15-13-20(27)26(2)16-17-8-4-3-5-9-17;/h3-11H,12-16H2,1-2H3,(H2,23,24,25);1H. The van der Waals surface area contributed by atoms with Crippen molar-refractivity contribution in [1.29, 1.82) is 0 Å². The number of amides is 1. The van der Waals surface area contributed by atoms with Gasteiger partial charge < -0.3 is 15.5 Å². The number of guanidine groups is 1. The van der Waals surface area contributed by atoms with Gasteiger partial charge in [0.05, 0.1) is 0 Å². The van der Waals surface area contributed by atoms with Crippen LogP contribution in [0, 0.1) is 0 Å². The third-order valence-corrected chi connectivity index (χ3v) is 4.56. The highest BCUT2D eigenvalue weighted by Gasteiger charge is 2.09. The fraction of sp³-hybridized carbons (Fsp3) is 0.333. The van der Waals surface area contributed by atoms with Gasteiger partial charge >= 0.3 is 0 Å². The summed E-state index contributed by atoms with van der Waals surface area (Å²) < 4.78 is 0. The quantitative estimate of drug-likeness (QED) is 0.321. The van der Waals surface area contributed by atoms with Gasteiger partial charge in [-0.05, 0) is 23.6 Å². The molecule has 0 heterocycles. The fourth-order valence-corrected chi connectivity index (χ4v) is 2.89. The zero-order valence-corrected chi connectivity index (χ0v) is 19.4. The predicted octanol–water partition coefficient (Wildman–Crippen LogP) is 3.71. The average Bonchev–Trinajstić information content (AvgIpc) is 2.68. The van der Waals surface area contributed by atoms with E-state index in [1.165, 1.54) is 0 Å². The van der Waals surface area contributed by atoms with E-state index in [1.807, 2.05) is 61.6 Å². The van der Waals surface area contributed by atoms with E-state index < -0.39 is 0 Å². The Morgan fingerprint density at radius 3 is 2.36 bits per heavy atom. The zero-order chi connectivity index (χ0) is 19.5. The Balaban J connectivity index is 0.00000392. The first kappa shape index (κ1) is 24.2. The first-order chi connectivity index (χ1) is 13.1. The largest absolute Gasteiger partial charge is 0.356 e. The van der Waals surface area contributed by atoms with Gasteiger partial charge in [-0.3, -0.25) is 9.79 Å². The van der Waals surface area contributed by atoms with E-state index >= 15 is 0 Å². The topological polar surface area (TPSA) is 56.7 Å². The highest BCUT2D eigenvalue weighted by Crippen LogP contribution is 2.14. The van der Waals surface area contributed by atoms with Crippen molar-refractivity contribution in [2.24, 2.45) is 4.99 Å². The molecule has 2 aromatic carbocycles. The Bertz CT molecular complexity index is 755.